The number of nitrogens with zero attached hydrogens (tertiary/aromatic N) is 4. The van der Waals surface area contributed by atoms with Gasteiger partial charge in [-0.15, -0.1) is 0 Å². The van der Waals surface area contributed by atoms with Crippen LogP contribution in [0.3, 0.4) is 0 Å². The second kappa shape index (κ2) is 12.7. The number of fused-ring (bicyclic) bond motifs is 10. The van der Waals surface area contributed by atoms with Crippen molar-refractivity contribution in [1.29, 1.82) is 0 Å². The van der Waals surface area contributed by atoms with Crippen LogP contribution in [0.4, 0.5) is 5.69 Å². The summed E-state index contributed by atoms with van der Waals surface area (Å²) >= 11 is 0. The molecule has 0 aliphatic carbocycles. The highest BCUT2D eigenvalue weighted by atomic mass is 14.9. The van der Waals surface area contributed by atoms with E-state index >= 15 is 0 Å². The van der Waals surface area contributed by atoms with Gasteiger partial charge in [-0.1, -0.05) is 103 Å². The number of aromatic nitrogens is 3. The Morgan fingerprint density at radius 3 is 1.81 bits per heavy atom. The second-order valence-corrected chi connectivity index (χ2v) is 14.0. The molecule has 0 bridgehead atoms. The lowest BCUT2D eigenvalue weighted by atomic mass is 9.93. The van der Waals surface area contributed by atoms with E-state index in [0.29, 0.717) is 0 Å². The van der Waals surface area contributed by atoms with Gasteiger partial charge in [-0.2, -0.15) is 0 Å². The average Bonchev–Trinajstić information content (AvgIpc) is 3.86. The van der Waals surface area contributed by atoms with Crippen LogP contribution in [0.5, 0.6) is 0 Å². The third-order valence-electron chi connectivity index (χ3n) is 11.2. The molecule has 0 aliphatic rings. The summed E-state index contributed by atoms with van der Waals surface area (Å²) in [6.07, 6.45) is 3.54. The summed E-state index contributed by atoms with van der Waals surface area (Å²) in [5.41, 5.74) is 12.1. The van der Waals surface area contributed by atoms with Crippen molar-refractivity contribution in [2.24, 2.45) is 12.0 Å². The summed E-state index contributed by atoms with van der Waals surface area (Å²) in [7, 11) is 4.11. The average molecular weight is 696 g/mol. The van der Waals surface area contributed by atoms with Crippen molar-refractivity contribution >= 4 is 83.1 Å². The van der Waals surface area contributed by atoms with Crippen molar-refractivity contribution in [2.45, 2.75) is 6.04 Å². The number of aryl methyl sites for hydroxylation is 1. The highest BCUT2D eigenvalue weighted by Crippen LogP contribution is 2.42. The van der Waals surface area contributed by atoms with Gasteiger partial charge in [0.15, 0.2) is 0 Å². The molecule has 0 amide bonds. The molecule has 258 valence electrons. The lowest BCUT2D eigenvalue weighted by molar-refractivity contribution is 0.696. The quantitative estimate of drug-likeness (QED) is 0.182. The second-order valence-electron chi connectivity index (χ2n) is 14.0. The Balaban J connectivity index is 0.000000149. The van der Waals surface area contributed by atoms with Gasteiger partial charge in [0.05, 0.1) is 34.5 Å². The molecule has 0 aliphatic heterocycles. The third-order valence-corrected chi connectivity index (χ3v) is 11.2. The molecule has 0 radical (unpaired) electrons. The van der Waals surface area contributed by atoms with Gasteiger partial charge in [0.2, 0.25) is 0 Å². The van der Waals surface area contributed by atoms with E-state index in [-0.39, 0.29) is 6.04 Å². The molecule has 7 aromatic carbocycles. The van der Waals surface area contributed by atoms with E-state index in [9.17, 15) is 0 Å². The monoisotopic (exact) mass is 695 g/mol. The molecule has 11 rings (SSSR count). The molecular formula is C49H37N5. The van der Waals surface area contributed by atoms with Gasteiger partial charge in [-0.05, 0) is 89.8 Å². The minimum Gasteiger partial charge on any atom is -0.344 e. The van der Waals surface area contributed by atoms with Gasteiger partial charge in [0, 0.05) is 62.2 Å². The van der Waals surface area contributed by atoms with Crippen molar-refractivity contribution < 1.29 is 0 Å². The number of rotatable bonds is 5. The summed E-state index contributed by atoms with van der Waals surface area (Å²) in [4.78, 5) is 8.22. The van der Waals surface area contributed by atoms with E-state index in [1.807, 2.05) is 13.1 Å². The lowest BCUT2D eigenvalue weighted by Gasteiger charge is -2.20. The van der Waals surface area contributed by atoms with Crippen LogP contribution in [-0.2, 0) is 7.05 Å². The minimum absolute atomic E-state index is 0.0552. The summed E-state index contributed by atoms with van der Waals surface area (Å²) < 4.78 is 4.73. The van der Waals surface area contributed by atoms with E-state index in [0.717, 1.165) is 11.3 Å². The molecule has 1 N–H and O–H groups in total. The number of para-hydroxylation sites is 3. The van der Waals surface area contributed by atoms with Crippen LogP contribution in [-0.4, -0.2) is 27.7 Å². The standard InChI is InChI=1S/C31H20N2.C18H17N3/c1-32-27-11-5-2-8-21(27)24-16-19(14-15-28(24)32)20-17-25-22-9-3-6-12-29(22)33-30-13-7-4-10-23(30)26(18-20)31(25)33;1-19-17-12-21-11-10-16(17)18(20-2)15-9-5-7-13-6-3-4-8-14(13)15/h2-18H,1H3;3-12,18,20H,1H2,2H3. The van der Waals surface area contributed by atoms with E-state index in [1.54, 1.807) is 12.4 Å². The SMILES string of the molecule is C=Nc1cnccc1C(NC)c1cccc2ccccc12.Cn1c2ccccc2c2cc(-c3cc4c5ccccc5n5c6ccccc6c(c3)c45)ccc21. The van der Waals surface area contributed by atoms with Crippen LogP contribution in [0.2, 0.25) is 0 Å². The zero-order valence-corrected chi connectivity index (χ0v) is 30.2. The van der Waals surface area contributed by atoms with Crippen LogP contribution in [0.25, 0.3) is 81.8 Å². The van der Waals surface area contributed by atoms with E-state index < -0.39 is 0 Å². The summed E-state index contributed by atoms with van der Waals surface area (Å²) in [5, 5.41) is 13.8. The molecule has 1 unspecified atom stereocenters. The molecule has 0 saturated heterocycles. The van der Waals surface area contributed by atoms with E-state index in [1.165, 1.54) is 87.4 Å². The largest absolute Gasteiger partial charge is 0.344 e. The molecule has 0 saturated carbocycles. The maximum Gasteiger partial charge on any atom is 0.0856 e. The van der Waals surface area contributed by atoms with Gasteiger partial charge in [0.1, 0.15) is 0 Å². The molecule has 4 heterocycles. The van der Waals surface area contributed by atoms with Crippen molar-refractivity contribution in [3.05, 3.63) is 175 Å². The Bertz CT molecular complexity index is 3110. The smallest absolute Gasteiger partial charge is 0.0856 e. The molecule has 1 atom stereocenters. The van der Waals surface area contributed by atoms with Gasteiger partial charge in [0.25, 0.3) is 0 Å². The van der Waals surface area contributed by atoms with Gasteiger partial charge in [-0.3, -0.25) is 9.98 Å². The number of aliphatic imine (C=N–C) groups is 1. The van der Waals surface area contributed by atoms with Crippen molar-refractivity contribution in [3.63, 3.8) is 0 Å². The Morgan fingerprint density at radius 2 is 1.13 bits per heavy atom. The topological polar surface area (TPSA) is 46.6 Å². The molecule has 54 heavy (non-hydrogen) atoms. The van der Waals surface area contributed by atoms with Gasteiger partial charge < -0.3 is 14.3 Å². The first-order valence-corrected chi connectivity index (χ1v) is 18.3. The maximum atomic E-state index is 4.13. The molecule has 4 aromatic heterocycles. The van der Waals surface area contributed by atoms with E-state index in [2.05, 4.69) is 184 Å². The number of hydrogen-bond acceptors (Lipinski definition) is 3. The Morgan fingerprint density at radius 1 is 0.556 bits per heavy atom. The Kier molecular flexibility index (Phi) is 7.49. The normalized spacial score (nSPS) is 12.3. The highest BCUT2D eigenvalue weighted by Gasteiger charge is 2.20. The Hall–Kier alpha value is -6.82. The molecule has 5 nitrogen and oxygen atoms in total. The van der Waals surface area contributed by atoms with Crippen LogP contribution >= 0.6 is 0 Å². The van der Waals surface area contributed by atoms with Crippen LogP contribution in [0.1, 0.15) is 17.2 Å². The van der Waals surface area contributed by atoms with E-state index in [4.69, 9.17) is 0 Å². The zero-order chi connectivity index (χ0) is 36.3. The van der Waals surface area contributed by atoms with Crippen LogP contribution in [0.15, 0.2) is 169 Å². The highest BCUT2D eigenvalue weighted by molar-refractivity contribution is 6.24. The van der Waals surface area contributed by atoms with Gasteiger partial charge in [-0.25, -0.2) is 0 Å². The Labute approximate surface area is 312 Å². The predicted molar refractivity (Wildman–Crippen MR) is 229 cm³/mol. The lowest BCUT2D eigenvalue weighted by Crippen LogP contribution is -2.18. The number of pyridine rings is 1. The zero-order valence-electron chi connectivity index (χ0n) is 30.2. The van der Waals surface area contributed by atoms with Gasteiger partial charge >= 0.3 is 0 Å². The predicted octanol–water partition coefficient (Wildman–Crippen LogP) is 12.0. The molecular weight excluding hydrogens is 659 g/mol. The number of benzene rings is 7. The fourth-order valence-corrected chi connectivity index (χ4v) is 8.72. The maximum absolute atomic E-state index is 4.13. The summed E-state index contributed by atoms with van der Waals surface area (Å²) in [6.45, 7) is 3.65. The fraction of sp³-hybridized carbons (Fsp3) is 0.0612. The number of hydrogen-bond donors (Lipinski definition) is 1. The van der Waals surface area contributed by atoms with Crippen molar-refractivity contribution in [1.82, 2.24) is 19.3 Å². The first-order valence-electron chi connectivity index (χ1n) is 18.3. The third kappa shape index (κ3) is 4.83. The summed E-state index contributed by atoms with van der Waals surface area (Å²) in [6, 6.07) is 54.7. The minimum atomic E-state index is 0.0552. The van der Waals surface area contributed by atoms with Crippen LogP contribution in [0, 0.1) is 0 Å². The molecule has 0 fully saturated rings. The first-order chi connectivity index (χ1) is 26.6. The van der Waals surface area contributed by atoms with Crippen molar-refractivity contribution in [2.75, 3.05) is 7.05 Å². The summed E-state index contributed by atoms with van der Waals surface area (Å²) in [5.74, 6) is 0. The first kappa shape index (κ1) is 31.9. The van der Waals surface area contributed by atoms with Crippen molar-refractivity contribution in [3.8, 4) is 11.1 Å². The molecule has 5 heteroatoms. The molecule has 11 aromatic rings. The van der Waals surface area contributed by atoms with Crippen LogP contribution < -0.4 is 5.32 Å². The molecule has 0 spiro atoms. The fourth-order valence-electron chi connectivity index (χ4n) is 8.72. The number of nitrogens with one attached hydrogen (secondary N) is 1.